The number of piperidine rings is 1. The summed E-state index contributed by atoms with van der Waals surface area (Å²) in [5.41, 5.74) is 1.85. The van der Waals surface area contributed by atoms with Crippen molar-refractivity contribution in [3.63, 3.8) is 0 Å². The van der Waals surface area contributed by atoms with Crippen LogP contribution >= 0.6 is 0 Å². The Hall–Kier alpha value is -2.18. The first-order valence-electron chi connectivity index (χ1n) is 8.90. The maximum Gasteiger partial charge on any atom is 0.243 e. The Morgan fingerprint density at radius 3 is 2.46 bits per heavy atom. The molecule has 0 bridgehead atoms. The van der Waals surface area contributed by atoms with Gasteiger partial charge in [-0.05, 0) is 44.0 Å². The zero-order valence-corrected chi connectivity index (χ0v) is 15.7. The van der Waals surface area contributed by atoms with Crippen LogP contribution < -0.4 is 5.32 Å². The van der Waals surface area contributed by atoms with E-state index in [2.05, 4.69) is 5.32 Å². The minimum absolute atomic E-state index is 0.158. The monoisotopic (exact) mass is 372 g/mol. The van der Waals surface area contributed by atoms with Crippen LogP contribution in [0, 0.1) is 6.92 Å². The van der Waals surface area contributed by atoms with Crippen molar-refractivity contribution in [1.29, 1.82) is 0 Å². The third-order valence-corrected chi connectivity index (χ3v) is 6.65. The van der Waals surface area contributed by atoms with Crippen LogP contribution in [0.25, 0.3) is 0 Å². The van der Waals surface area contributed by atoms with Gasteiger partial charge in [-0.1, -0.05) is 42.3 Å². The molecule has 6 heteroatoms. The molecular weight excluding hydrogens is 348 g/mol. The molecular formula is C20H24N2O3S. The number of sulfonamides is 1. The van der Waals surface area contributed by atoms with Crippen LogP contribution in [0.3, 0.4) is 0 Å². The Balaban J connectivity index is 1.72. The quantitative estimate of drug-likeness (QED) is 0.872. The van der Waals surface area contributed by atoms with Crippen molar-refractivity contribution in [3.8, 4) is 0 Å². The molecule has 1 amide bonds. The number of hydrogen-bond donors (Lipinski definition) is 1. The van der Waals surface area contributed by atoms with Crippen molar-refractivity contribution in [3.05, 3.63) is 60.2 Å². The van der Waals surface area contributed by atoms with Gasteiger partial charge in [0.05, 0.1) is 4.90 Å². The number of nitrogens with one attached hydrogen (secondary N) is 1. The van der Waals surface area contributed by atoms with Crippen LogP contribution in [0.4, 0.5) is 5.69 Å². The fraction of sp³-hybridized carbons (Fsp3) is 0.350. The molecule has 0 unspecified atom stereocenters. The molecule has 2 aromatic rings. The molecule has 0 spiro atoms. The fourth-order valence-corrected chi connectivity index (χ4v) is 5.00. The highest BCUT2D eigenvalue weighted by molar-refractivity contribution is 7.89. The normalized spacial score (nSPS) is 18.4. The van der Waals surface area contributed by atoms with E-state index in [1.165, 1.54) is 4.31 Å². The average Bonchev–Trinajstić information content (AvgIpc) is 2.64. The molecule has 1 atom stereocenters. The second-order valence-electron chi connectivity index (χ2n) is 6.70. The summed E-state index contributed by atoms with van der Waals surface area (Å²) in [6, 6.07) is 15.7. The van der Waals surface area contributed by atoms with Crippen molar-refractivity contribution >= 4 is 21.6 Å². The van der Waals surface area contributed by atoms with Gasteiger partial charge >= 0.3 is 0 Å². The summed E-state index contributed by atoms with van der Waals surface area (Å²) in [4.78, 5) is 12.7. The molecule has 0 aliphatic carbocycles. The number of nitrogens with zero attached hydrogens (tertiary/aromatic N) is 1. The van der Waals surface area contributed by atoms with Gasteiger partial charge in [0.1, 0.15) is 0 Å². The van der Waals surface area contributed by atoms with E-state index < -0.39 is 10.0 Å². The molecule has 1 fully saturated rings. The van der Waals surface area contributed by atoms with Crippen LogP contribution in [-0.2, 0) is 14.8 Å². The number of aryl methyl sites for hydroxylation is 1. The molecule has 3 rings (SSSR count). The summed E-state index contributed by atoms with van der Waals surface area (Å²) in [6.45, 7) is 2.44. The van der Waals surface area contributed by atoms with E-state index >= 15 is 0 Å². The topological polar surface area (TPSA) is 66.5 Å². The van der Waals surface area contributed by atoms with Gasteiger partial charge in [0.15, 0.2) is 0 Å². The second-order valence-corrected chi connectivity index (χ2v) is 8.59. The Kier molecular flexibility index (Phi) is 5.74. The van der Waals surface area contributed by atoms with Crippen molar-refractivity contribution in [2.45, 2.75) is 43.5 Å². The maximum atomic E-state index is 13.0. The Bertz CT molecular complexity index is 848. The molecule has 138 valence electrons. The predicted octanol–water partition coefficient (Wildman–Crippen LogP) is 3.57. The van der Waals surface area contributed by atoms with E-state index in [1.54, 1.807) is 30.3 Å². The summed E-state index contributed by atoms with van der Waals surface area (Å²) in [5.74, 6) is -0.158. The average molecular weight is 372 g/mol. The molecule has 1 aliphatic heterocycles. The number of hydrogen-bond acceptors (Lipinski definition) is 3. The maximum absolute atomic E-state index is 13.0. The van der Waals surface area contributed by atoms with Crippen molar-refractivity contribution in [1.82, 2.24) is 4.31 Å². The van der Waals surface area contributed by atoms with Gasteiger partial charge in [-0.25, -0.2) is 8.42 Å². The third-order valence-electron chi connectivity index (χ3n) is 4.68. The molecule has 1 N–H and O–H groups in total. The zero-order valence-electron chi connectivity index (χ0n) is 14.9. The first kappa shape index (κ1) is 18.6. The van der Waals surface area contributed by atoms with E-state index in [4.69, 9.17) is 0 Å². The van der Waals surface area contributed by atoms with Gasteiger partial charge < -0.3 is 5.32 Å². The first-order valence-corrected chi connectivity index (χ1v) is 10.3. The smallest absolute Gasteiger partial charge is 0.243 e. The molecule has 26 heavy (non-hydrogen) atoms. The molecule has 1 heterocycles. The van der Waals surface area contributed by atoms with Crippen LogP contribution in [0.1, 0.15) is 31.2 Å². The van der Waals surface area contributed by atoms with E-state index in [0.29, 0.717) is 13.0 Å². The first-order chi connectivity index (χ1) is 12.5. The largest absolute Gasteiger partial charge is 0.326 e. The fourth-order valence-electron chi connectivity index (χ4n) is 3.29. The summed E-state index contributed by atoms with van der Waals surface area (Å²) in [5, 5.41) is 2.87. The molecule has 0 radical (unpaired) electrons. The predicted molar refractivity (Wildman–Crippen MR) is 102 cm³/mol. The van der Waals surface area contributed by atoms with Gasteiger partial charge in [0.2, 0.25) is 15.9 Å². The summed E-state index contributed by atoms with van der Waals surface area (Å²) < 4.78 is 27.4. The lowest BCUT2D eigenvalue weighted by atomic mass is 10.0. The Labute approximate surface area is 155 Å². The highest BCUT2D eigenvalue weighted by Crippen LogP contribution is 2.27. The van der Waals surface area contributed by atoms with Gasteiger partial charge in [-0.3, -0.25) is 4.79 Å². The van der Waals surface area contributed by atoms with E-state index in [0.717, 1.165) is 24.1 Å². The number of carbonyl (C=O) groups is 1. The molecule has 5 nitrogen and oxygen atoms in total. The van der Waals surface area contributed by atoms with Crippen LogP contribution in [0.15, 0.2) is 59.5 Å². The van der Waals surface area contributed by atoms with Crippen molar-refractivity contribution < 1.29 is 13.2 Å². The van der Waals surface area contributed by atoms with Crippen LogP contribution in [-0.4, -0.2) is 31.2 Å². The lowest BCUT2D eigenvalue weighted by molar-refractivity contribution is -0.117. The number of carbonyl (C=O) groups excluding carboxylic acids is 1. The standard InChI is InChI=1S/C20H24N2O3S/c1-16-10-12-17(13-11-16)21-20(23)15-18-7-5-6-14-22(18)26(24,25)19-8-3-2-4-9-19/h2-4,8-13,18H,5-7,14-15H2,1H3,(H,21,23)/t18-/m0/s1. The van der Waals surface area contributed by atoms with Crippen LogP contribution in [0.5, 0.6) is 0 Å². The van der Waals surface area contributed by atoms with Crippen molar-refractivity contribution in [2.75, 3.05) is 11.9 Å². The van der Waals surface area contributed by atoms with Crippen LogP contribution in [0.2, 0.25) is 0 Å². The highest BCUT2D eigenvalue weighted by Gasteiger charge is 2.34. The summed E-state index contributed by atoms with van der Waals surface area (Å²) >= 11 is 0. The number of rotatable bonds is 5. The van der Waals surface area contributed by atoms with Gasteiger partial charge in [0.25, 0.3) is 0 Å². The second kappa shape index (κ2) is 8.01. The van der Waals surface area contributed by atoms with Gasteiger partial charge in [-0.2, -0.15) is 4.31 Å². The minimum atomic E-state index is -3.58. The zero-order chi connectivity index (χ0) is 18.6. The SMILES string of the molecule is Cc1ccc(NC(=O)C[C@@H]2CCCCN2S(=O)(=O)c2ccccc2)cc1. The van der Waals surface area contributed by atoms with E-state index in [-0.39, 0.29) is 23.3 Å². The molecule has 2 aromatic carbocycles. The highest BCUT2D eigenvalue weighted by atomic mass is 32.2. The lowest BCUT2D eigenvalue weighted by Gasteiger charge is -2.34. The number of benzene rings is 2. The molecule has 0 aromatic heterocycles. The molecule has 0 saturated carbocycles. The minimum Gasteiger partial charge on any atom is -0.326 e. The molecule has 1 saturated heterocycles. The van der Waals surface area contributed by atoms with E-state index in [9.17, 15) is 13.2 Å². The lowest BCUT2D eigenvalue weighted by Crippen LogP contribution is -2.45. The van der Waals surface area contributed by atoms with E-state index in [1.807, 2.05) is 31.2 Å². The summed E-state index contributed by atoms with van der Waals surface area (Å²) in [7, 11) is -3.58. The Morgan fingerprint density at radius 2 is 1.77 bits per heavy atom. The third kappa shape index (κ3) is 4.31. The van der Waals surface area contributed by atoms with Gasteiger partial charge in [-0.15, -0.1) is 0 Å². The number of anilines is 1. The number of amides is 1. The van der Waals surface area contributed by atoms with Gasteiger partial charge in [0, 0.05) is 24.7 Å². The molecule has 1 aliphatic rings. The Morgan fingerprint density at radius 1 is 1.08 bits per heavy atom. The van der Waals surface area contributed by atoms with Crippen molar-refractivity contribution in [2.24, 2.45) is 0 Å². The summed E-state index contributed by atoms with van der Waals surface area (Å²) in [6.07, 6.45) is 2.62.